The van der Waals surface area contributed by atoms with E-state index in [1.807, 2.05) is 35.2 Å². The Morgan fingerprint density at radius 3 is 2.61 bits per heavy atom. The summed E-state index contributed by atoms with van der Waals surface area (Å²) in [6.45, 7) is 3.53. The van der Waals surface area contributed by atoms with Gasteiger partial charge in [-0.25, -0.2) is 4.98 Å². The maximum Gasteiger partial charge on any atom is 0.223 e. The molecule has 1 aliphatic heterocycles. The number of aromatic nitrogens is 2. The van der Waals surface area contributed by atoms with Crippen molar-refractivity contribution in [1.29, 1.82) is 0 Å². The third-order valence-electron chi connectivity index (χ3n) is 6.19. The lowest BCUT2D eigenvalue weighted by Gasteiger charge is -2.25. The number of hydrogen-bond donors (Lipinski definition) is 0. The quantitative estimate of drug-likeness (QED) is 0.360. The smallest absolute Gasteiger partial charge is 0.223 e. The molecule has 31 heavy (non-hydrogen) atoms. The SMILES string of the molecule is CC(c1ccccc1)N1CC(c2nc3ccccc3n2Cc2cccc(Br)c2)CC1=O. The van der Waals surface area contributed by atoms with Crippen LogP contribution >= 0.6 is 15.9 Å². The van der Waals surface area contributed by atoms with Crippen LogP contribution in [-0.4, -0.2) is 26.9 Å². The zero-order valence-electron chi connectivity index (χ0n) is 17.4. The van der Waals surface area contributed by atoms with Gasteiger partial charge in [0, 0.05) is 29.9 Å². The summed E-state index contributed by atoms with van der Waals surface area (Å²) in [4.78, 5) is 20.0. The van der Waals surface area contributed by atoms with Gasteiger partial charge in [-0.05, 0) is 42.3 Å². The van der Waals surface area contributed by atoms with Crippen molar-refractivity contribution in [2.24, 2.45) is 0 Å². The summed E-state index contributed by atoms with van der Waals surface area (Å²) in [5, 5.41) is 0. The Hall–Kier alpha value is -2.92. The summed E-state index contributed by atoms with van der Waals surface area (Å²) < 4.78 is 3.35. The van der Waals surface area contributed by atoms with E-state index in [1.54, 1.807) is 0 Å². The second kappa shape index (κ2) is 8.31. The van der Waals surface area contributed by atoms with E-state index in [4.69, 9.17) is 4.98 Å². The molecule has 2 heterocycles. The van der Waals surface area contributed by atoms with E-state index >= 15 is 0 Å². The first-order valence-corrected chi connectivity index (χ1v) is 11.4. The second-order valence-electron chi connectivity index (χ2n) is 8.21. The normalized spacial score (nSPS) is 17.4. The molecule has 1 aromatic heterocycles. The average Bonchev–Trinajstić information content (AvgIpc) is 3.35. The number of likely N-dealkylation sites (tertiary alicyclic amines) is 1. The first kappa shape index (κ1) is 20.0. The Bertz CT molecular complexity index is 1230. The predicted octanol–water partition coefficient (Wildman–Crippen LogP) is 5.92. The minimum absolute atomic E-state index is 0.0570. The third-order valence-corrected chi connectivity index (χ3v) is 6.68. The van der Waals surface area contributed by atoms with E-state index in [2.05, 4.69) is 76.0 Å². The van der Waals surface area contributed by atoms with Crippen molar-refractivity contribution < 1.29 is 4.79 Å². The van der Waals surface area contributed by atoms with Crippen LogP contribution in [0.3, 0.4) is 0 Å². The highest BCUT2D eigenvalue weighted by atomic mass is 79.9. The summed E-state index contributed by atoms with van der Waals surface area (Å²) in [5.41, 5.74) is 4.46. The summed E-state index contributed by atoms with van der Waals surface area (Å²) >= 11 is 3.58. The van der Waals surface area contributed by atoms with Gasteiger partial charge in [0.1, 0.15) is 5.82 Å². The molecule has 1 amide bonds. The maximum atomic E-state index is 13.0. The van der Waals surface area contributed by atoms with E-state index in [0.717, 1.165) is 27.9 Å². The topological polar surface area (TPSA) is 38.1 Å². The minimum Gasteiger partial charge on any atom is -0.335 e. The van der Waals surface area contributed by atoms with Gasteiger partial charge < -0.3 is 9.47 Å². The Balaban J connectivity index is 1.49. The molecule has 1 fully saturated rings. The molecule has 1 aliphatic rings. The van der Waals surface area contributed by atoms with Gasteiger partial charge in [0.15, 0.2) is 0 Å². The van der Waals surface area contributed by atoms with Gasteiger partial charge in [-0.3, -0.25) is 4.79 Å². The van der Waals surface area contributed by atoms with Crippen LogP contribution in [0.2, 0.25) is 0 Å². The number of carbonyl (C=O) groups is 1. The molecule has 0 N–H and O–H groups in total. The largest absolute Gasteiger partial charge is 0.335 e. The molecule has 5 rings (SSSR count). The van der Waals surface area contributed by atoms with Crippen LogP contribution in [0.4, 0.5) is 0 Å². The highest BCUT2D eigenvalue weighted by Gasteiger charge is 2.36. The molecule has 0 spiro atoms. The zero-order valence-corrected chi connectivity index (χ0v) is 19.0. The maximum absolute atomic E-state index is 13.0. The molecule has 4 nitrogen and oxygen atoms in total. The highest BCUT2D eigenvalue weighted by Crippen LogP contribution is 2.35. The summed E-state index contributed by atoms with van der Waals surface area (Å²) in [6.07, 6.45) is 0.499. The summed E-state index contributed by atoms with van der Waals surface area (Å²) in [6, 6.07) is 26.9. The summed E-state index contributed by atoms with van der Waals surface area (Å²) in [7, 11) is 0. The molecule has 0 bridgehead atoms. The molecule has 5 heteroatoms. The van der Waals surface area contributed by atoms with E-state index in [0.29, 0.717) is 13.0 Å². The van der Waals surface area contributed by atoms with E-state index in [-0.39, 0.29) is 17.9 Å². The Kier molecular flexibility index (Phi) is 5.36. The predicted molar refractivity (Wildman–Crippen MR) is 127 cm³/mol. The Morgan fingerprint density at radius 1 is 1.03 bits per heavy atom. The van der Waals surface area contributed by atoms with Crippen molar-refractivity contribution in [3.63, 3.8) is 0 Å². The van der Waals surface area contributed by atoms with Crippen molar-refractivity contribution in [3.8, 4) is 0 Å². The molecule has 0 radical (unpaired) electrons. The first-order valence-electron chi connectivity index (χ1n) is 10.6. The van der Waals surface area contributed by atoms with Gasteiger partial charge in [0.05, 0.1) is 17.1 Å². The number of amides is 1. The Labute approximate surface area is 190 Å². The van der Waals surface area contributed by atoms with E-state index in [1.165, 1.54) is 11.1 Å². The van der Waals surface area contributed by atoms with Crippen LogP contribution in [0.5, 0.6) is 0 Å². The number of para-hydroxylation sites is 2. The Morgan fingerprint density at radius 2 is 1.81 bits per heavy atom. The molecule has 1 saturated heterocycles. The van der Waals surface area contributed by atoms with Crippen molar-refractivity contribution in [2.45, 2.75) is 31.8 Å². The number of imidazole rings is 1. The number of nitrogens with zero attached hydrogens (tertiary/aromatic N) is 3. The van der Waals surface area contributed by atoms with Gasteiger partial charge in [0.2, 0.25) is 5.91 Å². The van der Waals surface area contributed by atoms with Crippen LogP contribution < -0.4 is 0 Å². The van der Waals surface area contributed by atoms with Crippen molar-refractivity contribution in [3.05, 3.63) is 100 Å². The van der Waals surface area contributed by atoms with E-state index in [9.17, 15) is 4.79 Å². The van der Waals surface area contributed by atoms with Gasteiger partial charge in [0.25, 0.3) is 0 Å². The standard InChI is InChI=1S/C26H24BrN3O/c1-18(20-9-3-2-4-10-20)29-17-21(15-25(29)31)26-28-23-12-5-6-13-24(23)30(26)16-19-8-7-11-22(27)14-19/h2-14,18,21H,15-17H2,1H3. The van der Waals surface area contributed by atoms with Gasteiger partial charge in [-0.1, -0.05) is 70.5 Å². The molecule has 2 unspecified atom stereocenters. The minimum atomic E-state index is 0.0570. The van der Waals surface area contributed by atoms with Crippen LogP contribution in [0.15, 0.2) is 83.3 Å². The number of carbonyl (C=O) groups excluding carboxylic acids is 1. The van der Waals surface area contributed by atoms with Crippen molar-refractivity contribution in [2.75, 3.05) is 6.54 Å². The molecule has 0 saturated carbocycles. The molecule has 156 valence electrons. The first-order chi connectivity index (χ1) is 15.1. The number of rotatable bonds is 5. The lowest BCUT2D eigenvalue weighted by atomic mass is 10.1. The number of hydrogen-bond acceptors (Lipinski definition) is 2. The van der Waals surface area contributed by atoms with Crippen molar-refractivity contribution >= 4 is 32.9 Å². The lowest BCUT2D eigenvalue weighted by Crippen LogP contribution is -2.28. The van der Waals surface area contributed by atoms with Gasteiger partial charge >= 0.3 is 0 Å². The molecular weight excluding hydrogens is 450 g/mol. The van der Waals surface area contributed by atoms with Crippen LogP contribution in [0.25, 0.3) is 11.0 Å². The fourth-order valence-corrected chi connectivity index (χ4v) is 5.03. The summed E-state index contributed by atoms with van der Waals surface area (Å²) in [5.74, 6) is 1.28. The third kappa shape index (κ3) is 3.90. The zero-order chi connectivity index (χ0) is 21.4. The van der Waals surface area contributed by atoms with Gasteiger partial charge in [-0.2, -0.15) is 0 Å². The molecule has 3 aromatic carbocycles. The lowest BCUT2D eigenvalue weighted by molar-refractivity contribution is -0.129. The fraction of sp³-hybridized carbons (Fsp3) is 0.231. The molecule has 2 atom stereocenters. The monoisotopic (exact) mass is 473 g/mol. The second-order valence-corrected chi connectivity index (χ2v) is 9.12. The molecule has 4 aromatic rings. The van der Waals surface area contributed by atoms with Crippen LogP contribution in [0, 0.1) is 0 Å². The van der Waals surface area contributed by atoms with Crippen LogP contribution in [-0.2, 0) is 11.3 Å². The number of fused-ring (bicyclic) bond motifs is 1. The van der Waals surface area contributed by atoms with Crippen molar-refractivity contribution in [1.82, 2.24) is 14.5 Å². The number of halogens is 1. The van der Waals surface area contributed by atoms with E-state index < -0.39 is 0 Å². The molecule has 0 aliphatic carbocycles. The average molecular weight is 474 g/mol. The van der Waals surface area contributed by atoms with Crippen LogP contribution in [0.1, 0.15) is 42.3 Å². The van der Waals surface area contributed by atoms with Gasteiger partial charge in [-0.15, -0.1) is 0 Å². The fourth-order valence-electron chi connectivity index (χ4n) is 4.58. The number of benzene rings is 3. The highest BCUT2D eigenvalue weighted by molar-refractivity contribution is 9.10. The molecular formula is C26H24BrN3O.